The van der Waals surface area contributed by atoms with Crippen molar-refractivity contribution in [1.29, 1.82) is 0 Å². The number of ether oxygens (including phenoxy) is 3. The summed E-state index contributed by atoms with van der Waals surface area (Å²) in [7, 11) is 0. The van der Waals surface area contributed by atoms with Crippen LogP contribution < -0.4 is 0 Å². The molecule has 0 N–H and O–H groups in total. The average Bonchev–Trinajstić information content (AvgIpc) is 3.11. The summed E-state index contributed by atoms with van der Waals surface area (Å²) in [5, 5.41) is 0. The van der Waals surface area contributed by atoms with Crippen LogP contribution in [0.25, 0.3) is 0 Å². The van der Waals surface area contributed by atoms with Crippen LogP contribution in [0, 0.1) is 11.8 Å². The molecule has 0 radical (unpaired) electrons. The van der Waals surface area contributed by atoms with E-state index in [1.165, 1.54) is 128 Å². The monoisotopic (exact) mass is 737 g/mol. The fourth-order valence-corrected chi connectivity index (χ4v) is 6.75. The van der Waals surface area contributed by atoms with Crippen molar-refractivity contribution in [3.63, 3.8) is 0 Å². The van der Waals surface area contributed by atoms with Gasteiger partial charge in [0.2, 0.25) is 0 Å². The normalized spacial score (nSPS) is 12.1. The third-order valence-corrected chi connectivity index (χ3v) is 10.2. The first-order valence-electron chi connectivity index (χ1n) is 22.7. The van der Waals surface area contributed by atoms with Crippen molar-refractivity contribution >= 4 is 17.9 Å². The number of carbonyl (C=O) groups is 3. The van der Waals surface area contributed by atoms with E-state index in [1.54, 1.807) is 0 Å². The summed E-state index contributed by atoms with van der Waals surface area (Å²) in [6, 6.07) is 0. The Morgan fingerprint density at radius 1 is 0.365 bits per heavy atom. The molecule has 6 nitrogen and oxygen atoms in total. The van der Waals surface area contributed by atoms with Gasteiger partial charge in [-0.1, -0.05) is 208 Å². The fraction of sp³-hybridized carbons (Fsp3) is 0.935. The van der Waals surface area contributed by atoms with Gasteiger partial charge in [-0.25, -0.2) is 0 Å². The van der Waals surface area contributed by atoms with E-state index in [4.69, 9.17) is 14.2 Å². The third-order valence-electron chi connectivity index (χ3n) is 10.2. The molecule has 0 aliphatic carbocycles. The minimum atomic E-state index is -0.758. The topological polar surface area (TPSA) is 78.9 Å². The first-order chi connectivity index (χ1) is 25.2. The van der Waals surface area contributed by atoms with Crippen molar-refractivity contribution < 1.29 is 28.6 Å². The largest absolute Gasteiger partial charge is 0.462 e. The van der Waals surface area contributed by atoms with Gasteiger partial charge < -0.3 is 14.2 Å². The molecule has 52 heavy (non-hydrogen) atoms. The Morgan fingerprint density at radius 2 is 0.635 bits per heavy atom. The lowest BCUT2D eigenvalue weighted by Gasteiger charge is -2.18. The number of hydrogen-bond donors (Lipinski definition) is 0. The van der Waals surface area contributed by atoms with Crippen molar-refractivity contribution in [3.05, 3.63) is 0 Å². The second-order valence-electron chi connectivity index (χ2n) is 16.6. The van der Waals surface area contributed by atoms with Gasteiger partial charge in [-0.15, -0.1) is 0 Å². The van der Waals surface area contributed by atoms with E-state index < -0.39 is 6.10 Å². The minimum Gasteiger partial charge on any atom is -0.462 e. The summed E-state index contributed by atoms with van der Waals surface area (Å²) in [6.45, 7) is 11.2. The standard InChI is InChI=1S/C46H88O6/c1-6-7-8-24-31-36-44(47)50-39-43(52-46(49)38-33-28-23-19-18-21-26-30-35-42(4)5)40-51-45(48)37-32-27-22-17-15-13-11-9-10-12-14-16-20-25-29-34-41(2)3/h41-43H,6-40H2,1-5H3/t43-/m0/s1. The van der Waals surface area contributed by atoms with Gasteiger partial charge >= 0.3 is 17.9 Å². The Balaban J connectivity index is 4.13. The van der Waals surface area contributed by atoms with Crippen LogP contribution in [-0.2, 0) is 28.6 Å². The van der Waals surface area contributed by atoms with Gasteiger partial charge in [0, 0.05) is 19.3 Å². The molecule has 0 aliphatic rings. The quantitative estimate of drug-likeness (QED) is 0.0354. The molecule has 0 spiro atoms. The number of rotatable bonds is 40. The van der Waals surface area contributed by atoms with E-state index in [2.05, 4.69) is 34.6 Å². The summed E-state index contributed by atoms with van der Waals surface area (Å²) < 4.78 is 16.6. The summed E-state index contributed by atoms with van der Waals surface area (Å²) in [6.07, 6.45) is 37.0. The molecule has 0 aromatic carbocycles. The van der Waals surface area contributed by atoms with Gasteiger partial charge in [-0.3, -0.25) is 14.4 Å². The highest BCUT2D eigenvalue weighted by Crippen LogP contribution is 2.17. The van der Waals surface area contributed by atoms with Gasteiger partial charge in [0.25, 0.3) is 0 Å². The summed E-state index contributed by atoms with van der Waals surface area (Å²) >= 11 is 0. The number of carbonyl (C=O) groups excluding carboxylic acids is 3. The Kier molecular flexibility index (Phi) is 37.9. The lowest BCUT2D eigenvalue weighted by atomic mass is 10.0. The lowest BCUT2D eigenvalue weighted by molar-refractivity contribution is -0.167. The second kappa shape index (κ2) is 39.1. The smallest absolute Gasteiger partial charge is 0.306 e. The van der Waals surface area contributed by atoms with Crippen LogP contribution >= 0.6 is 0 Å². The predicted molar refractivity (Wildman–Crippen MR) is 220 cm³/mol. The minimum absolute atomic E-state index is 0.0660. The molecule has 0 bridgehead atoms. The number of hydrogen-bond acceptors (Lipinski definition) is 6. The molecule has 0 aromatic rings. The van der Waals surface area contributed by atoms with Crippen LogP contribution in [0.5, 0.6) is 0 Å². The van der Waals surface area contributed by atoms with Gasteiger partial charge in [0.1, 0.15) is 13.2 Å². The van der Waals surface area contributed by atoms with E-state index in [1.807, 2.05) is 0 Å². The molecule has 6 heteroatoms. The highest BCUT2D eigenvalue weighted by atomic mass is 16.6. The van der Waals surface area contributed by atoms with Crippen LogP contribution in [0.3, 0.4) is 0 Å². The predicted octanol–water partition coefficient (Wildman–Crippen LogP) is 14.2. The maximum atomic E-state index is 12.6. The van der Waals surface area contributed by atoms with E-state index >= 15 is 0 Å². The van der Waals surface area contributed by atoms with E-state index in [9.17, 15) is 14.4 Å². The van der Waals surface area contributed by atoms with Crippen LogP contribution in [0.4, 0.5) is 0 Å². The summed E-state index contributed by atoms with van der Waals surface area (Å²) in [5.41, 5.74) is 0. The van der Waals surface area contributed by atoms with E-state index in [0.717, 1.165) is 76.0 Å². The maximum Gasteiger partial charge on any atom is 0.306 e. The Morgan fingerprint density at radius 3 is 0.942 bits per heavy atom. The molecule has 0 amide bonds. The molecule has 0 unspecified atom stereocenters. The van der Waals surface area contributed by atoms with Crippen molar-refractivity contribution in [2.75, 3.05) is 13.2 Å². The SMILES string of the molecule is CCCCCCCC(=O)OC[C@@H](COC(=O)CCCCCCCCCCCCCCCCCC(C)C)OC(=O)CCCCCCCCCCC(C)C. The Bertz CT molecular complexity index is 794. The van der Waals surface area contributed by atoms with E-state index in [0.29, 0.717) is 19.3 Å². The Hall–Kier alpha value is -1.59. The Labute approximate surface area is 323 Å². The molecule has 308 valence electrons. The first-order valence-corrected chi connectivity index (χ1v) is 22.7. The highest BCUT2D eigenvalue weighted by molar-refractivity contribution is 5.71. The van der Waals surface area contributed by atoms with Crippen LogP contribution in [0.15, 0.2) is 0 Å². The summed E-state index contributed by atoms with van der Waals surface area (Å²) in [4.78, 5) is 37.4. The van der Waals surface area contributed by atoms with Crippen LogP contribution in [0.1, 0.15) is 247 Å². The van der Waals surface area contributed by atoms with E-state index in [-0.39, 0.29) is 31.1 Å². The molecular formula is C46H88O6. The molecule has 1 atom stereocenters. The van der Waals surface area contributed by atoms with Crippen LogP contribution in [0.2, 0.25) is 0 Å². The lowest BCUT2D eigenvalue weighted by Crippen LogP contribution is -2.30. The zero-order chi connectivity index (χ0) is 38.3. The van der Waals surface area contributed by atoms with Crippen molar-refractivity contribution in [1.82, 2.24) is 0 Å². The maximum absolute atomic E-state index is 12.6. The molecule has 0 aromatic heterocycles. The van der Waals surface area contributed by atoms with Crippen molar-refractivity contribution in [3.8, 4) is 0 Å². The summed E-state index contributed by atoms with van der Waals surface area (Å²) in [5.74, 6) is 0.770. The highest BCUT2D eigenvalue weighted by Gasteiger charge is 2.19. The first kappa shape index (κ1) is 50.4. The zero-order valence-electron chi connectivity index (χ0n) is 35.4. The van der Waals surface area contributed by atoms with Crippen molar-refractivity contribution in [2.45, 2.75) is 253 Å². The molecular weight excluding hydrogens is 649 g/mol. The van der Waals surface area contributed by atoms with Gasteiger partial charge in [0.05, 0.1) is 0 Å². The fourth-order valence-electron chi connectivity index (χ4n) is 6.75. The number of unbranched alkanes of at least 4 members (excludes halogenated alkanes) is 25. The zero-order valence-corrected chi connectivity index (χ0v) is 35.4. The van der Waals surface area contributed by atoms with Crippen LogP contribution in [-0.4, -0.2) is 37.2 Å². The molecule has 0 aliphatic heterocycles. The van der Waals surface area contributed by atoms with Gasteiger partial charge in [-0.05, 0) is 31.1 Å². The second-order valence-corrected chi connectivity index (χ2v) is 16.6. The molecule has 0 saturated heterocycles. The molecule has 0 heterocycles. The van der Waals surface area contributed by atoms with Gasteiger partial charge in [0.15, 0.2) is 6.10 Å². The molecule has 0 fully saturated rings. The molecule has 0 rings (SSSR count). The molecule has 0 saturated carbocycles. The van der Waals surface area contributed by atoms with Crippen molar-refractivity contribution in [2.24, 2.45) is 11.8 Å². The average molecular weight is 737 g/mol. The third kappa shape index (κ3) is 39.6. The van der Waals surface area contributed by atoms with Gasteiger partial charge in [-0.2, -0.15) is 0 Å². The number of esters is 3.